The lowest BCUT2D eigenvalue weighted by atomic mass is 9.98. The van der Waals surface area contributed by atoms with E-state index in [0.29, 0.717) is 60.3 Å². The highest BCUT2D eigenvalue weighted by molar-refractivity contribution is 6.02. The molecule has 3 aromatic carbocycles. The van der Waals surface area contributed by atoms with Gasteiger partial charge in [0.2, 0.25) is 11.6 Å². The van der Waals surface area contributed by atoms with Crippen LogP contribution in [0.1, 0.15) is 82.1 Å². The molecule has 0 spiro atoms. The van der Waals surface area contributed by atoms with Crippen molar-refractivity contribution in [2.45, 2.75) is 91.1 Å². The maximum Gasteiger partial charge on any atom is 0.511 e. The first-order valence-corrected chi connectivity index (χ1v) is 18.9. The number of nitrogens with zero attached hydrogens (tertiary/aromatic N) is 8. The molecule has 6 rings (SSSR count). The Bertz CT molecular complexity index is 2080. The fourth-order valence-electron chi connectivity index (χ4n) is 6.79. The number of aromatic amines is 1. The number of H-pyrrole nitrogens is 1. The van der Waals surface area contributed by atoms with E-state index in [1.165, 1.54) is 6.92 Å². The highest BCUT2D eigenvalue weighted by Crippen LogP contribution is 2.31. The molecule has 1 saturated heterocycles. The van der Waals surface area contributed by atoms with E-state index in [1.54, 1.807) is 23.2 Å². The number of unbranched alkanes of at least 4 members (excludes halogenated alkanes) is 2. The van der Waals surface area contributed by atoms with Crippen molar-refractivity contribution in [3.05, 3.63) is 83.1 Å². The molecule has 5 aromatic rings. The van der Waals surface area contributed by atoms with E-state index in [1.807, 2.05) is 73.9 Å². The minimum Gasteiger partial charge on any atom is -0.569 e. The second kappa shape index (κ2) is 18.9. The van der Waals surface area contributed by atoms with Crippen LogP contribution >= 0.6 is 0 Å². The topological polar surface area (TPSA) is 194 Å². The van der Waals surface area contributed by atoms with E-state index in [2.05, 4.69) is 30.9 Å². The van der Waals surface area contributed by atoms with Crippen molar-refractivity contribution in [1.29, 1.82) is 0 Å². The number of imidazole rings is 1. The van der Waals surface area contributed by atoms with E-state index in [9.17, 15) is 14.8 Å². The number of hydrogen-bond donors (Lipinski definition) is 1. The summed E-state index contributed by atoms with van der Waals surface area (Å²) in [6.07, 6.45) is 2.61. The number of ether oxygens (including phenoxy) is 4. The lowest BCUT2D eigenvalue weighted by Crippen LogP contribution is -2.47. The Morgan fingerprint density at radius 2 is 1.71 bits per heavy atom. The van der Waals surface area contributed by atoms with Crippen LogP contribution < -0.4 is 4.74 Å². The number of carbonyl (C=O) groups excluding carboxylic acids is 2. The molecule has 0 amide bonds. The van der Waals surface area contributed by atoms with Crippen molar-refractivity contribution < 1.29 is 38.3 Å². The first-order valence-electron chi connectivity index (χ1n) is 18.9. The SMILES string of the molecule is CCOc1nc2cccc(C(=O)OC(C)OC(=O)OCCCCCO/N=[N+](\[O-])N3[C@H](C)CCC[C@@H]3C)c2n1Cc1ccc(-c2ccccc2-c2nnn[nH]2)cc1. The smallest absolute Gasteiger partial charge is 0.511 e. The van der Waals surface area contributed by atoms with Crippen LogP contribution in [0.2, 0.25) is 0 Å². The average molecular weight is 770 g/mol. The maximum atomic E-state index is 13.5. The Hall–Kier alpha value is -6.26. The summed E-state index contributed by atoms with van der Waals surface area (Å²) in [5, 5.41) is 32.0. The summed E-state index contributed by atoms with van der Waals surface area (Å²) in [6.45, 7) is 8.38. The van der Waals surface area contributed by atoms with Gasteiger partial charge < -0.3 is 29.0 Å². The third-order valence-corrected chi connectivity index (χ3v) is 9.47. The van der Waals surface area contributed by atoms with Crippen LogP contribution in [0.5, 0.6) is 6.01 Å². The lowest BCUT2D eigenvalue weighted by molar-refractivity contribution is -0.727. The number of hydrogen-bond acceptors (Lipinski definition) is 13. The molecule has 0 radical (unpaired) electrons. The standard InChI is InChI=1S/C39H47N9O8/c1-5-52-38-40-34-18-12-17-33(35(34)46(38)25-29-19-21-30(22-20-29)31-15-7-8-16-32(31)36-41-43-44-42-36)37(49)55-28(4)56-39(50)53-23-9-6-10-24-54-45-48(51)47-26(2)13-11-14-27(47)3/h7-8,12,15-22,26-28H,5-6,9-11,13-14,23-25H2,1-4H3,(H,41,42,43,44)/b48-45-/t26-,27+,28?. The Labute approximate surface area is 324 Å². The largest absolute Gasteiger partial charge is 0.569 e. The molecular weight excluding hydrogens is 722 g/mol. The Morgan fingerprint density at radius 3 is 2.45 bits per heavy atom. The number of hydrazine groups is 1. The van der Waals surface area contributed by atoms with E-state index in [4.69, 9.17) is 23.8 Å². The van der Waals surface area contributed by atoms with Crippen LogP contribution in [0.3, 0.4) is 0 Å². The highest BCUT2D eigenvalue weighted by Gasteiger charge is 2.31. The quantitative estimate of drug-likeness (QED) is 0.0249. The summed E-state index contributed by atoms with van der Waals surface area (Å²) in [7, 11) is 0. The zero-order valence-corrected chi connectivity index (χ0v) is 32.0. The molecule has 3 atom stereocenters. The molecule has 1 aliphatic rings. The van der Waals surface area contributed by atoms with Crippen LogP contribution in [-0.2, 0) is 25.6 Å². The van der Waals surface area contributed by atoms with Crippen molar-refractivity contribution in [2.24, 2.45) is 5.28 Å². The van der Waals surface area contributed by atoms with Crippen molar-refractivity contribution >= 4 is 23.2 Å². The number of nitrogens with one attached hydrogen (secondary N) is 1. The van der Waals surface area contributed by atoms with Gasteiger partial charge in [-0.25, -0.2) is 14.7 Å². The fourth-order valence-corrected chi connectivity index (χ4v) is 6.79. The molecule has 1 N–H and O–H groups in total. The molecule has 0 aliphatic carbocycles. The Balaban J connectivity index is 1.01. The molecule has 17 heteroatoms. The number of aromatic nitrogens is 6. The van der Waals surface area contributed by atoms with Gasteiger partial charge in [0.05, 0.1) is 53.4 Å². The van der Waals surface area contributed by atoms with Gasteiger partial charge in [-0.3, -0.25) is 4.57 Å². The first-order chi connectivity index (χ1) is 27.2. The molecule has 296 valence electrons. The predicted molar refractivity (Wildman–Crippen MR) is 203 cm³/mol. The molecule has 1 unspecified atom stereocenters. The average Bonchev–Trinajstić information content (AvgIpc) is 3.85. The molecule has 0 saturated carbocycles. The normalized spacial score (nSPS) is 16.4. The van der Waals surface area contributed by atoms with E-state index >= 15 is 0 Å². The fraction of sp³-hybridized carbons (Fsp3) is 0.436. The molecule has 3 heterocycles. The monoisotopic (exact) mass is 769 g/mol. The molecule has 56 heavy (non-hydrogen) atoms. The molecule has 2 aromatic heterocycles. The summed E-state index contributed by atoms with van der Waals surface area (Å²) < 4.78 is 23.6. The van der Waals surface area contributed by atoms with Crippen molar-refractivity contribution in [1.82, 2.24) is 35.2 Å². The van der Waals surface area contributed by atoms with Gasteiger partial charge in [-0.15, -0.1) is 10.1 Å². The zero-order chi connectivity index (χ0) is 39.4. The van der Waals surface area contributed by atoms with Crippen LogP contribution in [0.15, 0.2) is 72.0 Å². The van der Waals surface area contributed by atoms with Crippen molar-refractivity contribution in [3.8, 4) is 28.5 Å². The van der Waals surface area contributed by atoms with E-state index in [0.717, 1.165) is 41.5 Å². The van der Waals surface area contributed by atoms with Gasteiger partial charge in [-0.1, -0.05) is 54.6 Å². The van der Waals surface area contributed by atoms with Gasteiger partial charge >= 0.3 is 12.1 Å². The van der Waals surface area contributed by atoms with Crippen molar-refractivity contribution in [3.63, 3.8) is 0 Å². The minimum absolute atomic E-state index is 0.0955. The Kier molecular flexibility index (Phi) is 13.3. The number of piperidine rings is 1. The number of benzene rings is 3. The molecule has 1 aliphatic heterocycles. The first kappa shape index (κ1) is 39.4. The number of para-hydroxylation sites is 1. The predicted octanol–water partition coefficient (Wildman–Crippen LogP) is 7.23. The van der Waals surface area contributed by atoms with Crippen LogP contribution in [0.4, 0.5) is 4.79 Å². The maximum absolute atomic E-state index is 13.5. The van der Waals surface area contributed by atoms with Gasteiger partial charge in [0.1, 0.15) is 6.61 Å². The number of carbonyl (C=O) groups is 2. The second-order valence-electron chi connectivity index (χ2n) is 13.5. The van der Waals surface area contributed by atoms with Crippen molar-refractivity contribution in [2.75, 3.05) is 19.8 Å². The van der Waals surface area contributed by atoms with Gasteiger partial charge in [-0.05, 0) is 98.5 Å². The minimum atomic E-state index is -1.23. The zero-order valence-electron chi connectivity index (χ0n) is 32.0. The summed E-state index contributed by atoms with van der Waals surface area (Å²) >= 11 is 0. The third kappa shape index (κ3) is 9.69. The van der Waals surface area contributed by atoms with E-state index in [-0.39, 0.29) is 30.9 Å². The number of tetrazole rings is 1. The van der Waals surface area contributed by atoms with Crippen LogP contribution in [0.25, 0.3) is 33.5 Å². The Morgan fingerprint density at radius 1 is 0.964 bits per heavy atom. The number of fused-ring (bicyclic) bond motifs is 1. The molecular formula is C39H47N9O8. The van der Waals surface area contributed by atoms with Gasteiger partial charge in [0.25, 0.3) is 6.01 Å². The summed E-state index contributed by atoms with van der Waals surface area (Å²) in [5.74, 6) is -0.139. The van der Waals surface area contributed by atoms with Gasteiger partial charge in [0, 0.05) is 12.5 Å². The highest BCUT2D eigenvalue weighted by atomic mass is 16.8. The van der Waals surface area contributed by atoms with E-state index < -0.39 is 18.4 Å². The van der Waals surface area contributed by atoms with Crippen LogP contribution in [-0.4, -0.2) is 90.5 Å². The number of esters is 1. The van der Waals surface area contributed by atoms with Crippen LogP contribution in [0, 0.1) is 5.21 Å². The van der Waals surface area contributed by atoms with Gasteiger partial charge in [0.15, 0.2) is 5.82 Å². The van der Waals surface area contributed by atoms with Gasteiger partial charge in [-0.2, -0.15) is 4.98 Å². The lowest BCUT2D eigenvalue weighted by Gasteiger charge is -2.33. The summed E-state index contributed by atoms with van der Waals surface area (Å²) in [6, 6.07) is 21.5. The summed E-state index contributed by atoms with van der Waals surface area (Å²) in [4.78, 5) is 36.3. The second-order valence-corrected chi connectivity index (χ2v) is 13.5. The summed E-state index contributed by atoms with van der Waals surface area (Å²) in [5.41, 5.74) is 5.02. The molecule has 1 fully saturated rings. The number of rotatable bonds is 17. The molecule has 0 bridgehead atoms. The molecule has 17 nitrogen and oxygen atoms in total. The third-order valence-electron chi connectivity index (χ3n) is 9.47.